The predicted octanol–water partition coefficient (Wildman–Crippen LogP) is 3.15. The van der Waals surface area contributed by atoms with Gasteiger partial charge in [0.05, 0.1) is 11.0 Å². The van der Waals surface area contributed by atoms with Gasteiger partial charge in [0.2, 0.25) is 0 Å². The lowest BCUT2D eigenvalue weighted by Crippen LogP contribution is -2.41. The Kier molecular flexibility index (Phi) is 2.99. The second-order valence-electron chi connectivity index (χ2n) is 5.26. The topological polar surface area (TPSA) is 49.3 Å². The Morgan fingerprint density at radius 3 is 2.53 bits per heavy atom. The third kappa shape index (κ3) is 2.27. The molecule has 0 spiro atoms. The van der Waals surface area contributed by atoms with Gasteiger partial charge in [-0.3, -0.25) is 4.79 Å². The van der Waals surface area contributed by atoms with Crippen LogP contribution in [0.15, 0.2) is 18.2 Å². The van der Waals surface area contributed by atoms with E-state index in [1.807, 2.05) is 0 Å². The first-order valence-corrected chi connectivity index (χ1v) is 5.83. The van der Waals surface area contributed by atoms with Crippen LogP contribution in [0, 0.1) is 5.41 Å². The molecule has 1 aromatic carbocycles. The Labute approximate surface area is 108 Å². The largest absolute Gasteiger partial charge is 0.481 e. The molecule has 1 aliphatic heterocycles. The van der Waals surface area contributed by atoms with Gasteiger partial charge in [0.25, 0.3) is 0 Å². The van der Waals surface area contributed by atoms with Crippen molar-refractivity contribution in [3.05, 3.63) is 29.3 Å². The molecule has 1 unspecified atom stereocenters. The summed E-state index contributed by atoms with van der Waals surface area (Å²) in [5.41, 5.74) is -1.31. The molecule has 2 N–H and O–H groups in total. The maximum Gasteiger partial charge on any atom is 0.416 e. The molecular weight excluding hydrogens is 259 g/mol. The predicted molar refractivity (Wildman–Crippen MR) is 64.0 cm³/mol. The third-order valence-corrected chi connectivity index (χ3v) is 3.64. The summed E-state index contributed by atoms with van der Waals surface area (Å²) in [4.78, 5) is 11.2. The highest BCUT2D eigenvalue weighted by Crippen LogP contribution is 2.41. The Morgan fingerprint density at radius 1 is 1.37 bits per heavy atom. The lowest BCUT2D eigenvalue weighted by Gasteiger charge is -2.27. The minimum absolute atomic E-state index is 0.0598. The Hall–Kier alpha value is -1.72. The molecule has 6 heteroatoms. The van der Waals surface area contributed by atoms with Crippen molar-refractivity contribution in [2.75, 3.05) is 5.32 Å². The summed E-state index contributed by atoms with van der Waals surface area (Å²) in [7, 11) is 0. The van der Waals surface area contributed by atoms with Crippen LogP contribution in [0.5, 0.6) is 0 Å². The molecule has 19 heavy (non-hydrogen) atoms. The van der Waals surface area contributed by atoms with Crippen LogP contribution in [0.2, 0.25) is 0 Å². The fourth-order valence-electron chi connectivity index (χ4n) is 2.24. The molecule has 0 fully saturated rings. The van der Waals surface area contributed by atoms with E-state index in [1.54, 1.807) is 6.07 Å². The summed E-state index contributed by atoms with van der Waals surface area (Å²) >= 11 is 0. The maximum absolute atomic E-state index is 12.9. The van der Waals surface area contributed by atoms with Crippen LogP contribution < -0.4 is 5.32 Å². The van der Waals surface area contributed by atoms with Gasteiger partial charge in [0, 0.05) is 11.7 Å². The van der Waals surface area contributed by atoms with Crippen LogP contribution in [-0.2, 0) is 17.4 Å². The minimum atomic E-state index is -4.42. The molecule has 1 atom stereocenters. The van der Waals surface area contributed by atoms with Crippen LogP contribution in [0.3, 0.4) is 0 Å². The van der Waals surface area contributed by atoms with Gasteiger partial charge in [-0.2, -0.15) is 13.2 Å². The van der Waals surface area contributed by atoms with Crippen molar-refractivity contribution in [3.8, 4) is 0 Å². The van der Waals surface area contributed by atoms with Crippen LogP contribution in [0.25, 0.3) is 0 Å². The number of hydrogen-bond donors (Lipinski definition) is 2. The molecule has 0 radical (unpaired) electrons. The summed E-state index contributed by atoms with van der Waals surface area (Å²) < 4.78 is 38.6. The van der Waals surface area contributed by atoms with Gasteiger partial charge in [-0.05, 0) is 38.0 Å². The van der Waals surface area contributed by atoms with Gasteiger partial charge in [-0.15, -0.1) is 0 Å². The van der Waals surface area contributed by atoms with E-state index in [0.29, 0.717) is 5.69 Å². The average Bonchev–Trinajstić information content (AvgIpc) is 2.70. The van der Waals surface area contributed by atoms with E-state index >= 15 is 0 Å². The van der Waals surface area contributed by atoms with Crippen molar-refractivity contribution in [1.82, 2.24) is 0 Å². The summed E-state index contributed by atoms with van der Waals surface area (Å²) in [6.45, 7) is 3.01. The smallest absolute Gasteiger partial charge is 0.416 e. The zero-order valence-corrected chi connectivity index (χ0v) is 10.5. The van der Waals surface area contributed by atoms with Crippen molar-refractivity contribution >= 4 is 11.7 Å². The number of fused-ring (bicyclic) bond motifs is 1. The number of benzene rings is 1. The van der Waals surface area contributed by atoms with E-state index in [-0.39, 0.29) is 12.0 Å². The first-order valence-electron chi connectivity index (χ1n) is 5.83. The highest BCUT2D eigenvalue weighted by atomic mass is 19.4. The SMILES string of the molecule is CC(C)(C(=O)O)C1Cc2c(cccc2C(F)(F)F)N1. The van der Waals surface area contributed by atoms with Gasteiger partial charge in [0.1, 0.15) is 0 Å². The lowest BCUT2D eigenvalue weighted by molar-refractivity contribution is -0.147. The average molecular weight is 273 g/mol. The van der Waals surface area contributed by atoms with Gasteiger partial charge >= 0.3 is 12.1 Å². The fourth-order valence-corrected chi connectivity index (χ4v) is 2.24. The van der Waals surface area contributed by atoms with E-state index in [4.69, 9.17) is 5.11 Å². The number of alkyl halides is 3. The number of halogens is 3. The molecule has 3 nitrogen and oxygen atoms in total. The van der Waals surface area contributed by atoms with Crippen molar-refractivity contribution in [2.24, 2.45) is 5.41 Å². The van der Waals surface area contributed by atoms with Crippen LogP contribution in [-0.4, -0.2) is 17.1 Å². The molecule has 0 saturated heterocycles. The third-order valence-electron chi connectivity index (χ3n) is 3.64. The summed E-state index contributed by atoms with van der Waals surface area (Å²) in [6, 6.07) is 3.34. The van der Waals surface area contributed by atoms with Gasteiger partial charge in [-0.1, -0.05) is 6.07 Å². The number of anilines is 1. The number of hydrogen-bond acceptors (Lipinski definition) is 2. The first kappa shape index (κ1) is 13.7. The fraction of sp³-hybridized carbons (Fsp3) is 0.462. The molecule has 0 amide bonds. The molecule has 2 rings (SSSR count). The first-order chi connectivity index (χ1) is 8.64. The van der Waals surface area contributed by atoms with Crippen molar-refractivity contribution in [2.45, 2.75) is 32.5 Å². The second-order valence-corrected chi connectivity index (χ2v) is 5.26. The number of carbonyl (C=O) groups is 1. The normalized spacial score (nSPS) is 18.9. The number of rotatable bonds is 2. The van der Waals surface area contributed by atoms with E-state index < -0.39 is 29.2 Å². The Balaban J connectivity index is 2.38. The summed E-state index contributed by atoms with van der Waals surface area (Å²) in [6.07, 6.45) is -4.36. The number of carboxylic acids is 1. The highest BCUT2D eigenvalue weighted by Gasteiger charge is 2.43. The maximum atomic E-state index is 12.9. The Bertz CT molecular complexity index is 523. The van der Waals surface area contributed by atoms with E-state index in [2.05, 4.69) is 5.32 Å². The van der Waals surface area contributed by atoms with Crippen molar-refractivity contribution < 1.29 is 23.1 Å². The van der Waals surface area contributed by atoms with E-state index in [9.17, 15) is 18.0 Å². The zero-order valence-electron chi connectivity index (χ0n) is 10.5. The molecule has 1 aliphatic rings. The molecule has 0 saturated carbocycles. The summed E-state index contributed by atoms with van der Waals surface area (Å²) in [5.74, 6) is -1.04. The number of aliphatic carboxylic acids is 1. The standard InChI is InChI=1S/C13H14F3NO2/c1-12(2,11(18)19)10-6-7-8(13(14,15)16)4-3-5-9(7)17-10/h3-5,10,17H,6H2,1-2H3,(H,18,19). The van der Waals surface area contributed by atoms with Gasteiger partial charge in [-0.25, -0.2) is 0 Å². The van der Waals surface area contributed by atoms with Crippen LogP contribution in [0.1, 0.15) is 25.0 Å². The molecule has 0 bridgehead atoms. The monoisotopic (exact) mass is 273 g/mol. The number of carboxylic acid groups (broad SMARTS) is 1. The molecule has 1 aromatic rings. The van der Waals surface area contributed by atoms with Crippen molar-refractivity contribution in [1.29, 1.82) is 0 Å². The van der Waals surface area contributed by atoms with E-state index in [0.717, 1.165) is 6.07 Å². The zero-order chi connectivity index (χ0) is 14.4. The molecule has 0 aliphatic carbocycles. The van der Waals surface area contributed by atoms with Gasteiger partial charge < -0.3 is 10.4 Å². The summed E-state index contributed by atoms with van der Waals surface area (Å²) in [5, 5.41) is 12.0. The van der Waals surface area contributed by atoms with Crippen LogP contribution >= 0.6 is 0 Å². The number of nitrogens with one attached hydrogen (secondary N) is 1. The van der Waals surface area contributed by atoms with E-state index in [1.165, 1.54) is 19.9 Å². The highest BCUT2D eigenvalue weighted by molar-refractivity contribution is 5.77. The molecular formula is C13H14F3NO2. The van der Waals surface area contributed by atoms with Crippen LogP contribution in [0.4, 0.5) is 18.9 Å². The molecule has 0 aromatic heterocycles. The molecule has 1 heterocycles. The minimum Gasteiger partial charge on any atom is -0.481 e. The quantitative estimate of drug-likeness (QED) is 0.870. The second kappa shape index (κ2) is 4.15. The lowest BCUT2D eigenvalue weighted by atomic mass is 9.82. The molecule has 104 valence electrons. The Morgan fingerprint density at radius 2 is 2.00 bits per heavy atom. The van der Waals surface area contributed by atoms with Gasteiger partial charge in [0.15, 0.2) is 0 Å². The van der Waals surface area contributed by atoms with Crippen molar-refractivity contribution in [3.63, 3.8) is 0 Å².